The summed E-state index contributed by atoms with van der Waals surface area (Å²) in [5.41, 5.74) is 4.11. The molecule has 0 amide bonds. The number of benzene rings is 3. The van der Waals surface area contributed by atoms with Crippen molar-refractivity contribution in [2.45, 2.75) is 233 Å². The van der Waals surface area contributed by atoms with Gasteiger partial charge in [0.25, 0.3) is 0 Å². The minimum absolute atomic E-state index is 0.785. The maximum atomic E-state index is 6.44. The zero-order valence-corrected chi connectivity index (χ0v) is 38.8. The molecule has 0 N–H and O–H groups in total. The van der Waals surface area contributed by atoms with Crippen LogP contribution in [0.1, 0.15) is 230 Å². The summed E-state index contributed by atoms with van der Waals surface area (Å²) in [6.45, 7) is 6.87. The number of hydrogen-bond acceptors (Lipinski definition) is 3. The topological polar surface area (TPSA) is 27.7 Å². The van der Waals surface area contributed by atoms with Crippen molar-refractivity contribution < 1.29 is 13.6 Å². The predicted octanol–water partition coefficient (Wildman–Crippen LogP) is 18.8. The standard InChI is InChI=1S/C54H87O3P/c1-4-7-10-13-16-19-22-25-28-31-34-49-37-43-52(44-38-49)55-58(56-53-45-39-50(40-46-53)35-32-29-26-23-20-17-14-11-8-5-2)57-54-47-41-51(42-48-54)36-33-30-27-24-21-18-15-12-9-6-3/h37-48H,4-36H2,1-3H3. The van der Waals surface area contributed by atoms with Crippen LogP contribution in [0.4, 0.5) is 0 Å². The molecule has 326 valence electrons. The molecule has 0 aliphatic carbocycles. The fourth-order valence-corrected chi connectivity index (χ4v) is 8.91. The molecular weight excluding hydrogens is 728 g/mol. The van der Waals surface area contributed by atoms with E-state index in [0.29, 0.717) is 0 Å². The van der Waals surface area contributed by atoms with E-state index < -0.39 is 8.60 Å². The Kier molecular flexibility index (Phi) is 30.3. The Morgan fingerprint density at radius 2 is 0.448 bits per heavy atom. The van der Waals surface area contributed by atoms with E-state index in [9.17, 15) is 0 Å². The first-order chi connectivity index (χ1) is 28.7. The van der Waals surface area contributed by atoms with Crippen LogP contribution in [-0.4, -0.2) is 0 Å². The molecule has 0 heterocycles. The summed E-state index contributed by atoms with van der Waals surface area (Å²) in [5, 5.41) is 0. The highest BCUT2D eigenvalue weighted by atomic mass is 31.2. The van der Waals surface area contributed by atoms with Crippen molar-refractivity contribution in [3.63, 3.8) is 0 Å². The first-order valence-corrected chi connectivity index (χ1v) is 25.9. The van der Waals surface area contributed by atoms with Gasteiger partial charge in [0.1, 0.15) is 17.2 Å². The lowest BCUT2D eigenvalue weighted by Gasteiger charge is -2.18. The molecule has 0 radical (unpaired) electrons. The van der Waals surface area contributed by atoms with Gasteiger partial charge < -0.3 is 13.6 Å². The molecule has 0 atom stereocenters. The number of unbranched alkanes of at least 4 members (excludes halogenated alkanes) is 27. The van der Waals surface area contributed by atoms with Gasteiger partial charge in [-0.05, 0) is 91.6 Å². The number of aryl methyl sites for hydroxylation is 3. The van der Waals surface area contributed by atoms with Gasteiger partial charge in [0.15, 0.2) is 0 Å². The van der Waals surface area contributed by atoms with Gasteiger partial charge in [-0.1, -0.05) is 231 Å². The molecule has 4 heteroatoms. The van der Waals surface area contributed by atoms with Crippen LogP contribution in [-0.2, 0) is 19.3 Å². The van der Waals surface area contributed by atoms with E-state index in [2.05, 4.69) is 93.6 Å². The molecular formula is C54H87O3P. The Labute approximate surface area is 360 Å². The first kappa shape index (κ1) is 49.8. The molecule has 0 saturated heterocycles. The van der Waals surface area contributed by atoms with Crippen LogP contribution < -0.4 is 13.6 Å². The van der Waals surface area contributed by atoms with E-state index in [0.717, 1.165) is 36.5 Å². The van der Waals surface area contributed by atoms with E-state index in [-0.39, 0.29) is 0 Å². The Hall–Kier alpha value is -2.51. The van der Waals surface area contributed by atoms with Gasteiger partial charge in [-0.15, -0.1) is 0 Å². The lowest BCUT2D eigenvalue weighted by atomic mass is 10.0. The van der Waals surface area contributed by atoms with Gasteiger partial charge in [0.05, 0.1) is 0 Å². The number of rotatable bonds is 39. The van der Waals surface area contributed by atoms with Crippen molar-refractivity contribution in [1.82, 2.24) is 0 Å². The van der Waals surface area contributed by atoms with Crippen molar-refractivity contribution in [2.75, 3.05) is 0 Å². The van der Waals surface area contributed by atoms with E-state index in [1.807, 2.05) is 0 Å². The van der Waals surface area contributed by atoms with Crippen molar-refractivity contribution in [3.05, 3.63) is 89.5 Å². The van der Waals surface area contributed by atoms with Gasteiger partial charge in [0, 0.05) is 0 Å². The maximum Gasteiger partial charge on any atom is 0.530 e. The molecule has 3 nitrogen and oxygen atoms in total. The summed E-state index contributed by atoms with van der Waals surface area (Å²) in [5.74, 6) is 2.36. The molecule has 0 fully saturated rings. The SMILES string of the molecule is CCCCCCCCCCCCc1ccc(OP(Oc2ccc(CCCCCCCCCCCC)cc2)Oc2ccc(CCCCCCCCCCCC)cc2)cc1. The Morgan fingerprint density at radius 1 is 0.259 bits per heavy atom. The van der Waals surface area contributed by atoms with Gasteiger partial charge in [-0.3, -0.25) is 0 Å². The summed E-state index contributed by atoms with van der Waals surface area (Å²) in [6.07, 6.45) is 44.4. The average Bonchev–Trinajstić information content (AvgIpc) is 3.24. The summed E-state index contributed by atoms with van der Waals surface area (Å²) in [6, 6.07) is 25.8. The molecule has 0 aliphatic heterocycles. The van der Waals surface area contributed by atoms with Crippen LogP contribution in [0, 0.1) is 0 Å². The third-order valence-corrected chi connectivity index (χ3v) is 12.8. The highest BCUT2D eigenvalue weighted by Crippen LogP contribution is 2.42. The normalized spacial score (nSPS) is 11.4. The summed E-state index contributed by atoms with van der Waals surface area (Å²) < 4.78 is 19.3. The van der Waals surface area contributed by atoms with Crippen LogP contribution in [0.2, 0.25) is 0 Å². The molecule has 0 bridgehead atoms. The fraction of sp³-hybridized carbons (Fsp3) is 0.667. The van der Waals surface area contributed by atoms with Crippen molar-refractivity contribution in [1.29, 1.82) is 0 Å². The second-order valence-electron chi connectivity index (χ2n) is 17.2. The first-order valence-electron chi connectivity index (χ1n) is 24.8. The number of hydrogen-bond donors (Lipinski definition) is 0. The van der Waals surface area contributed by atoms with Crippen LogP contribution in [0.3, 0.4) is 0 Å². The van der Waals surface area contributed by atoms with Crippen LogP contribution in [0.15, 0.2) is 72.8 Å². The van der Waals surface area contributed by atoms with Crippen LogP contribution in [0.25, 0.3) is 0 Å². The fourth-order valence-electron chi connectivity index (χ4n) is 7.91. The molecule has 0 unspecified atom stereocenters. The second-order valence-corrected chi connectivity index (χ2v) is 18.2. The summed E-state index contributed by atoms with van der Waals surface area (Å²) in [7, 11) is -1.69. The van der Waals surface area contributed by atoms with Crippen molar-refractivity contribution >= 4 is 8.60 Å². The minimum atomic E-state index is -1.69. The van der Waals surface area contributed by atoms with E-state index in [1.165, 1.54) is 209 Å². The molecule has 3 rings (SSSR count). The quantitative estimate of drug-likeness (QED) is 0.0424. The second kappa shape index (κ2) is 35.3. The van der Waals surface area contributed by atoms with Crippen molar-refractivity contribution in [3.8, 4) is 17.2 Å². The van der Waals surface area contributed by atoms with Gasteiger partial charge in [-0.2, -0.15) is 0 Å². The molecule has 0 spiro atoms. The summed E-state index contributed by atoms with van der Waals surface area (Å²) in [4.78, 5) is 0. The third-order valence-electron chi connectivity index (χ3n) is 11.8. The zero-order valence-electron chi connectivity index (χ0n) is 37.9. The monoisotopic (exact) mass is 815 g/mol. The van der Waals surface area contributed by atoms with Gasteiger partial charge in [0.2, 0.25) is 0 Å². The Balaban J connectivity index is 1.46. The molecule has 0 aliphatic rings. The van der Waals surface area contributed by atoms with E-state index in [1.54, 1.807) is 0 Å². The van der Waals surface area contributed by atoms with Gasteiger partial charge in [-0.25, -0.2) is 0 Å². The van der Waals surface area contributed by atoms with E-state index >= 15 is 0 Å². The van der Waals surface area contributed by atoms with Crippen LogP contribution in [0.5, 0.6) is 17.2 Å². The van der Waals surface area contributed by atoms with Crippen molar-refractivity contribution in [2.24, 2.45) is 0 Å². The predicted molar refractivity (Wildman–Crippen MR) is 255 cm³/mol. The highest BCUT2D eigenvalue weighted by Gasteiger charge is 2.20. The molecule has 3 aromatic carbocycles. The average molecular weight is 815 g/mol. The molecule has 0 saturated carbocycles. The smallest absolute Gasteiger partial charge is 0.409 e. The third kappa shape index (κ3) is 25.9. The molecule has 0 aromatic heterocycles. The Morgan fingerprint density at radius 3 is 0.655 bits per heavy atom. The largest absolute Gasteiger partial charge is 0.530 e. The summed E-state index contributed by atoms with van der Waals surface area (Å²) >= 11 is 0. The van der Waals surface area contributed by atoms with Crippen LogP contribution >= 0.6 is 8.60 Å². The van der Waals surface area contributed by atoms with E-state index in [4.69, 9.17) is 13.6 Å². The maximum absolute atomic E-state index is 6.44. The Bertz CT molecular complexity index is 1160. The molecule has 58 heavy (non-hydrogen) atoms. The minimum Gasteiger partial charge on any atom is -0.409 e. The lowest BCUT2D eigenvalue weighted by molar-refractivity contribution is 0.388. The molecule has 3 aromatic rings. The lowest BCUT2D eigenvalue weighted by Crippen LogP contribution is -2.03. The van der Waals surface area contributed by atoms with Gasteiger partial charge >= 0.3 is 8.60 Å². The zero-order chi connectivity index (χ0) is 41.0. The highest BCUT2D eigenvalue weighted by molar-refractivity contribution is 7.43.